The lowest BCUT2D eigenvalue weighted by Crippen LogP contribution is -2.51. The molecule has 1 aliphatic heterocycles. The van der Waals surface area contributed by atoms with Crippen LogP contribution in [0.25, 0.3) is 0 Å². The normalized spacial score (nSPS) is 13.0. The largest absolute Gasteiger partial charge is 0.427 e. The van der Waals surface area contributed by atoms with Gasteiger partial charge in [0.2, 0.25) is 5.91 Å². The van der Waals surface area contributed by atoms with Crippen molar-refractivity contribution in [3.8, 4) is 5.75 Å². The van der Waals surface area contributed by atoms with Gasteiger partial charge >= 0.3 is 5.97 Å². The smallest absolute Gasteiger partial charge is 0.308 e. The van der Waals surface area contributed by atoms with Crippen molar-refractivity contribution >= 4 is 35.1 Å². The van der Waals surface area contributed by atoms with Crippen LogP contribution in [-0.2, 0) is 9.59 Å². The van der Waals surface area contributed by atoms with Crippen molar-refractivity contribution in [1.29, 1.82) is 0 Å². The van der Waals surface area contributed by atoms with Crippen LogP contribution in [0.4, 0.5) is 11.4 Å². The minimum Gasteiger partial charge on any atom is -0.427 e. The third-order valence-corrected chi connectivity index (χ3v) is 5.92. The monoisotopic (exact) mass is 500 g/mol. The molecule has 4 rings (SSSR count). The Hall–Kier alpha value is -4.66. The number of hydrogen-bond donors (Lipinski definition) is 2. The second-order valence-electron chi connectivity index (χ2n) is 8.54. The maximum atomic E-state index is 12.6. The number of benzene rings is 3. The summed E-state index contributed by atoms with van der Waals surface area (Å²) in [4.78, 5) is 52.4. The van der Waals surface area contributed by atoms with Crippen LogP contribution < -0.4 is 20.3 Å². The number of ether oxygens (including phenoxy) is 1. The number of nitrogens with zero attached hydrogens (tertiary/aromatic N) is 2. The molecule has 3 aromatic carbocycles. The molecule has 190 valence electrons. The number of amides is 3. The number of nitrogens with one attached hydrogen (secondary N) is 2. The van der Waals surface area contributed by atoms with Crippen LogP contribution >= 0.6 is 0 Å². The summed E-state index contributed by atoms with van der Waals surface area (Å²) in [5, 5.41) is 5.52. The molecule has 1 heterocycles. The molecule has 1 aliphatic rings. The van der Waals surface area contributed by atoms with Crippen molar-refractivity contribution < 1.29 is 23.9 Å². The molecule has 37 heavy (non-hydrogen) atoms. The maximum absolute atomic E-state index is 12.6. The first kappa shape index (κ1) is 25.4. The highest BCUT2D eigenvalue weighted by molar-refractivity contribution is 6.04. The Morgan fingerprint density at radius 2 is 1.46 bits per heavy atom. The van der Waals surface area contributed by atoms with Crippen LogP contribution in [0.15, 0.2) is 78.9 Å². The van der Waals surface area contributed by atoms with Crippen LogP contribution in [0.5, 0.6) is 5.75 Å². The fourth-order valence-corrected chi connectivity index (χ4v) is 4.00. The van der Waals surface area contributed by atoms with Gasteiger partial charge in [-0.05, 0) is 54.6 Å². The molecule has 0 atom stereocenters. The summed E-state index contributed by atoms with van der Waals surface area (Å²) in [6, 6.07) is 22.9. The molecule has 9 nitrogen and oxygen atoms in total. The summed E-state index contributed by atoms with van der Waals surface area (Å²) in [5.74, 6) is -0.944. The van der Waals surface area contributed by atoms with E-state index in [0.717, 1.165) is 5.69 Å². The number of esters is 1. The zero-order valence-electron chi connectivity index (χ0n) is 20.5. The topological polar surface area (TPSA) is 108 Å². The molecule has 0 saturated carbocycles. The van der Waals surface area contributed by atoms with Gasteiger partial charge in [-0.25, -0.2) is 0 Å². The standard InChI is InChI=1S/C28H28N4O5/c1-20(33)37-25-9-5-8-22(18-25)27(35)29-19-26(34)32-16-14-31(15-17-32)24-12-10-23(11-13-24)30-28(36)21-6-3-2-4-7-21/h2-13,18H,14-17,19H2,1H3,(H,29,35)(H,30,36). The number of carbonyl (C=O) groups is 4. The van der Waals surface area contributed by atoms with E-state index in [0.29, 0.717) is 43.0 Å². The number of piperazine rings is 1. The Kier molecular flexibility index (Phi) is 8.15. The van der Waals surface area contributed by atoms with Crippen LogP contribution in [0.3, 0.4) is 0 Å². The van der Waals surface area contributed by atoms with Crippen LogP contribution in [-0.4, -0.2) is 61.3 Å². The molecule has 3 amide bonds. The van der Waals surface area contributed by atoms with Gasteiger partial charge in [-0.1, -0.05) is 24.3 Å². The molecule has 0 radical (unpaired) electrons. The molecule has 1 saturated heterocycles. The zero-order chi connectivity index (χ0) is 26.2. The molecule has 1 fully saturated rings. The SMILES string of the molecule is CC(=O)Oc1cccc(C(=O)NCC(=O)N2CCN(c3ccc(NC(=O)c4ccccc4)cc3)CC2)c1. The fraction of sp³-hybridized carbons (Fsp3) is 0.214. The molecular weight excluding hydrogens is 472 g/mol. The molecule has 2 N–H and O–H groups in total. The molecule has 0 unspecified atom stereocenters. The highest BCUT2D eigenvalue weighted by Gasteiger charge is 2.22. The Morgan fingerprint density at radius 3 is 2.14 bits per heavy atom. The summed E-state index contributed by atoms with van der Waals surface area (Å²) in [5.41, 5.74) is 2.62. The molecule has 3 aromatic rings. The Labute approximate surface area is 215 Å². The van der Waals surface area contributed by atoms with Crippen molar-refractivity contribution in [2.45, 2.75) is 6.92 Å². The van der Waals surface area contributed by atoms with E-state index >= 15 is 0 Å². The lowest BCUT2D eigenvalue weighted by atomic mass is 10.2. The highest BCUT2D eigenvalue weighted by atomic mass is 16.5. The summed E-state index contributed by atoms with van der Waals surface area (Å²) >= 11 is 0. The van der Waals surface area contributed by atoms with E-state index in [1.807, 2.05) is 42.5 Å². The molecule has 0 aromatic heterocycles. The van der Waals surface area contributed by atoms with E-state index in [-0.39, 0.29) is 24.1 Å². The second kappa shape index (κ2) is 11.9. The van der Waals surface area contributed by atoms with Gasteiger partial charge in [0.15, 0.2) is 0 Å². The van der Waals surface area contributed by atoms with E-state index in [9.17, 15) is 19.2 Å². The van der Waals surface area contributed by atoms with E-state index < -0.39 is 11.9 Å². The first-order valence-corrected chi connectivity index (χ1v) is 11.9. The fourth-order valence-electron chi connectivity index (χ4n) is 4.00. The Bertz CT molecular complexity index is 1270. The molecule has 0 bridgehead atoms. The number of hydrogen-bond acceptors (Lipinski definition) is 6. The number of rotatable bonds is 7. The predicted molar refractivity (Wildman–Crippen MR) is 140 cm³/mol. The van der Waals surface area contributed by atoms with Crippen molar-refractivity contribution in [2.75, 3.05) is 42.9 Å². The quantitative estimate of drug-likeness (QED) is 0.382. The number of anilines is 2. The van der Waals surface area contributed by atoms with Gasteiger partial charge in [0.25, 0.3) is 11.8 Å². The lowest BCUT2D eigenvalue weighted by molar-refractivity contribution is -0.132. The van der Waals surface area contributed by atoms with Gasteiger partial charge in [-0.3, -0.25) is 19.2 Å². The molecule has 9 heteroatoms. The third-order valence-electron chi connectivity index (χ3n) is 5.92. The van der Waals surface area contributed by atoms with E-state index in [2.05, 4.69) is 15.5 Å². The summed E-state index contributed by atoms with van der Waals surface area (Å²) in [6.45, 7) is 3.53. The first-order chi connectivity index (χ1) is 17.9. The average Bonchev–Trinajstić information content (AvgIpc) is 2.92. The minimum absolute atomic E-state index is 0.119. The van der Waals surface area contributed by atoms with Gasteiger partial charge in [0.1, 0.15) is 5.75 Å². The van der Waals surface area contributed by atoms with Gasteiger partial charge in [-0.2, -0.15) is 0 Å². The first-order valence-electron chi connectivity index (χ1n) is 11.9. The lowest BCUT2D eigenvalue weighted by Gasteiger charge is -2.36. The van der Waals surface area contributed by atoms with Crippen molar-refractivity contribution in [3.05, 3.63) is 90.0 Å². The summed E-state index contributed by atoms with van der Waals surface area (Å²) < 4.78 is 5.00. The van der Waals surface area contributed by atoms with Gasteiger partial charge in [-0.15, -0.1) is 0 Å². The molecule has 0 spiro atoms. The minimum atomic E-state index is -0.474. The molecular formula is C28H28N4O5. The average molecular weight is 501 g/mol. The predicted octanol–water partition coefficient (Wildman–Crippen LogP) is 2.94. The number of carbonyl (C=O) groups excluding carboxylic acids is 4. The van der Waals surface area contributed by atoms with Crippen molar-refractivity contribution in [3.63, 3.8) is 0 Å². The van der Waals surface area contributed by atoms with Crippen molar-refractivity contribution in [1.82, 2.24) is 10.2 Å². The van der Waals surface area contributed by atoms with Crippen LogP contribution in [0, 0.1) is 0 Å². The van der Waals surface area contributed by atoms with Gasteiger partial charge < -0.3 is 25.2 Å². The van der Waals surface area contributed by atoms with E-state index in [4.69, 9.17) is 4.74 Å². The third kappa shape index (κ3) is 6.94. The van der Waals surface area contributed by atoms with Gasteiger partial charge in [0.05, 0.1) is 6.54 Å². The Morgan fingerprint density at radius 1 is 0.784 bits per heavy atom. The van der Waals surface area contributed by atoms with Crippen LogP contribution in [0.1, 0.15) is 27.6 Å². The zero-order valence-corrected chi connectivity index (χ0v) is 20.5. The second-order valence-corrected chi connectivity index (χ2v) is 8.54. The van der Waals surface area contributed by atoms with E-state index in [1.165, 1.54) is 13.0 Å². The summed E-state index contributed by atoms with van der Waals surface area (Å²) in [6.07, 6.45) is 0. The van der Waals surface area contributed by atoms with Crippen LogP contribution in [0.2, 0.25) is 0 Å². The summed E-state index contributed by atoms with van der Waals surface area (Å²) in [7, 11) is 0. The van der Waals surface area contributed by atoms with Crippen molar-refractivity contribution in [2.24, 2.45) is 0 Å². The van der Waals surface area contributed by atoms with E-state index in [1.54, 1.807) is 35.2 Å². The van der Waals surface area contributed by atoms with Gasteiger partial charge in [0, 0.05) is 55.6 Å². The maximum Gasteiger partial charge on any atom is 0.308 e. The Balaban J connectivity index is 1.23. The molecule has 0 aliphatic carbocycles. The highest BCUT2D eigenvalue weighted by Crippen LogP contribution is 2.20.